The predicted octanol–water partition coefficient (Wildman–Crippen LogP) is 4.91. The number of benzene rings is 2. The zero-order valence-corrected chi connectivity index (χ0v) is 20.9. The average Bonchev–Trinajstić information content (AvgIpc) is 3.20. The minimum absolute atomic E-state index is 0.0320. The van der Waals surface area contributed by atoms with E-state index in [1.165, 1.54) is 36.0 Å². The van der Waals surface area contributed by atoms with Gasteiger partial charge in [0.05, 0.1) is 11.8 Å². The molecule has 0 aliphatic rings. The lowest BCUT2D eigenvalue weighted by molar-refractivity contribution is -0.113. The number of nitrogens with one attached hydrogen (secondary N) is 2. The Bertz CT molecular complexity index is 1160. The summed E-state index contributed by atoms with van der Waals surface area (Å²) in [6, 6.07) is 10.9. The molecule has 1 aromatic heterocycles. The SMILES string of the molecule is CCn1c(SCC(=O)Nc2ccc(C)cc2C)nnc1C(NC(=O)c1ccc(F)cc1)C(C)C. The molecule has 3 aromatic rings. The van der Waals surface area contributed by atoms with Gasteiger partial charge in [-0.1, -0.05) is 43.3 Å². The normalized spacial score (nSPS) is 12.0. The molecule has 180 valence electrons. The Kier molecular flexibility index (Phi) is 8.44. The summed E-state index contributed by atoms with van der Waals surface area (Å²) in [5.74, 6) is -0.0129. The van der Waals surface area contributed by atoms with E-state index in [1.807, 2.05) is 57.4 Å². The lowest BCUT2D eigenvalue weighted by atomic mass is 10.0. The highest BCUT2D eigenvalue weighted by Gasteiger charge is 2.26. The highest BCUT2D eigenvalue weighted by molar-refractivity contribution is 7.99. The van der Waals surface area contributed by atoms with Gasteiger partial charge >= 0.3 is 0 Å². The van der Waals surface area contributed by atoms with Crippen LogP contribution in [0.4, 0.5) is 10.1 Å². The Labute approximate surface area is 203 Å². The molecule has 9 heteroatoms. The van der Waals surface area contributed by atoms with Gasteiger partial charge < -0.3 is 15.2 Å². The molecule has 0 radical (unpaired) electrons. The first-order valence-electron chi connectivity index (χ1n) is 11.2. The Morgan fingerprint density at radius 3 is 2.41 bits per heavy atom. The summed E-state index contributed by atoms with van der Waals surface area (Å²) in [7, 11) is 0. The molecular weight excluding hydrogens is 453 g/mol. The van der Waals surface area contributed by atoms with Crippen molar-refractivity contribution in [2.75, 3.05) is 11.1 Å². The van der Waals surface area contributed by atoms with Crippen LogP contribution in [0.2, 0.25) is 0 Å². The fourth-order valence-electron chi connectivity index (χ4n) is 3.56. The molecule has 0 aliphatic heterocycles. The number of carbonyl (C=O) groups excluding carboxylic acids is 2. The number of anilines is 1. The largest absolute Gasteiger partial charge is 0.342 e. The van der Waals surface area contributed by atoms with E-state index in [-0.39, 0.29) is 23.5 Å². The van der Waals surface area contributed by atoms with Crippen molar-refractivity contribution in [1.29, 1.82) is 0 Å². The first kappa shape index (κ1) is 25.4. The molecule has 0 aliphatic carbocycles. The summed E-state index contributed by atoms with van der Waals surface area (Å²) in [4.78, 5) is 25.3. The fraction of sp³-hybridized carbons (Fsp3) is 0.360. The number of thioether (sulfide) groups is 1. The van der Waals surface area contributed by atoms with Crippen LogP contribution < -0.4 is 10.6 Å². The van der Waals surface area contributed by atoms with Gasteiger partial charge in [0.1, 0.15) is 5.82 Å². The quantitative estimate of drug-likeness (QED) is 0.422. The van der Waals surface area contributed by atoms with Crippen LogP contribution in [0.1, 0.15) is 54.1 Å². The fourth-order valence-corrected chi connectivity index (χ4v) is 4.37. The highest BCUT2D eigenvalue weighted by atomic mass is 32.2. The Balaban J connectivity index is 1.71. The first-order chi connectivity index (χ1) is 16.2. The number of aryl methyl sites for hydroxylation is 2. The lowest BCUT2D eigenvalue weighted by Crippen LogP contribution is -2.33. The smallest absolute Gasteiger partial charge is 0.251 e. The zero-order valence-electron chi connectivity index (χ0n) is 20.1. The summed E-state index contributed by atoms with van der Waals surface area (Å²) >= 11 is 1.30. The van der Waals surface area contributed by atoms with Gasteiger partial charge in [-0.05, 0) is 62.6 Å². The maximum absolute atomic E-state index is 13.2. The molecule has 34 heavy (non-hydrogen) atoms. The highest BCUT2D eigenvalue weighted by Crippen LogP contribution is 2.26. The monoisotopic (exact) mass is 483 g/mol. The first-order valence-corrected chi connectivity index (χ1v) is 12.2. The molecule has 0 spiro atoms. The minimum Gasteiger partial charge on any atom is -0.342 e. The molecule has 0 saturated carbocycles. The van der Waals surface area contributed by atoms with Gasteiger partial charge in [0.15, 0.2) is 11.0 Å². The number of rotatable bonds is 9. The van der Waals surface area contributed by atoms with Crippen molar-refractivity contribution in [3.63, 3.8) is 0 Å². The van der Waals surface area contributed by atoms with Gasteiger partial charge in [0.2, 0.25) is 5.91 Å². The van der Waals surface area contributed by atoms with E-state index in [0.717, 1.165) is 16.8 Å². The number of nitrogens with zero attached hydrogens (tertiary/aromatic N) is 3. The molecule has 0 bridgehead atoms. The van der Waals surface area contributed by atoms with Gasteiger partial charge in [0.25, 0.3) is 5.91 Å². The summed E-state index contributed by atoms with van der Waals surface area (Å²) < 4.78 is 15.1. The topological polar surface area (TPSA) is 88.9 Å². The third-order valence-corrected chi connectivity index (χ3v) is 6.35. The van der Waals surface area contributed by atoms with E-state index < -0.39 is 11.9 Å². The van der Waals surface area contributed by atoms with Crippen molar-refractivity contribution in [2.24, 2.45) is 5.92 Å². The van der Waals surface area contributed by atoms with Crippen LogP contribution in [-0.2, 0) is 11.3 Å². The van der Waals surface area contributed by atoms with E-state index in [4.69, 9.17) is 0 Å². The van der Waals surface area contributed by atoms with Crippen molar-refractivity contribution in [1.82, 2.24) is 20.1 Å². The Hall–Kier alpha value is -3.20. The van der Waals surface area contributed by atoms with Crippen molar-refractivity contribution in [3.05, 3.63) is 70.8 Å². The van der Waals surface area contributed by atoms with Gasteiger partial charge in [-0.15, -0.1) is 10.2 Å². The van der Waals surface area contributed by atoms with Crippen LogP contribution in [0.3, 0.4) is 0 Å². The van der Waals surface area contributed by atoms with Crippen LogP contribution in [-0.4, -0.2) is 32.3 Å². The van der Waals surface area contributed by atoms with Crippen molar-refractivity contribution in [2.45, 2.75) is 52.4 Å². The second-order valence-electron chi connectivity index (χ2n) is 8.44. The van der Waals surface area contributed by atoms with E-state index in [2.05, 4.69) is 20.8 Å². The number of hydrogen-bond acceptors (Lipinski definition) is 5. The molecule has 2 aromatic carbocycles. The van der Waals surface area contributed by atoms with Crippen molar-refractivity contribution < 1.29 is 14.0 Å². The maximum Gasteiger partial charge on any atom is 0.251 e. The molecule has 1 atom stereocenters. The van der Waals surface area contributed by atoms with Gasteiger partial charge in [-0.2, -0.15) is 0 Å². The van der Waals surface area contributed by atoms with E-state index in [1.54, 1.807) is 0 Å². The number of halogens is 1. The maximum atomic E-state index is 13.2. The molecular formula is C25H30FN5O2S. The molecule has 0 fully saturated rings. The third kappa shape index (κ3) is 6.22. The standard InChI is InChI=1S/C25H30FN5O2S/c1-6-31-23(22(15(2)3)28-24(33)18-8-10-19(26)11-9-18)29-30-25(31)34-14-21(32)27-20-12-7-16(4)13-17(20)5/h7-13,15,22H,6,14H2,1-5H3,(H,27,32)(H,28,33). The van der Waals surface area contributed by atoms with Crippen molar-refractivity contribution in [3.8, 4) is 0 Å². The average molecular weight is 484 g/mol. The second-order valence-corrected chi connectivity index (χ2v) is 9.38. The minimum atomic E-state index is -0.400. The summed E-state index contributed by atoms with van der Waals surface area (Å²) in [5, 5.41) is 15.2. The van der Waals surface area contributed by atoms with E-state index in [9.17, 15) is 14.0 Å². The van der Waals surface area contributed by atoms with Crippen LogP contribution in [0, 0.1) is 25.6 Å². The zero-order chi connectivity index (χ0) is 24.8. The van der Waals surface area contributed by atoms with Crippen molar-refractivity contribution >= 4 is 29.3 Å². The summed E-state index contributed by atoms with van der Waals surface area (Å²) in [6.07, 6.45) is 0. The Morgan fingerprint density at radius 2 is 1.79 bits per heavy atom. The number of carbonyl (C=O) groups is 2. The van der Waals surface area contributed by atoms with Crippen LogP contribution in [0.15, 0.2) is 47.6 Å². The Morgan fingerprint density at radius 1 is 1.09 bits per heavy atom. The van der Waals surface area contributed by atoms with Crippen LogP contribution in [0.5, 0.6) is 0 Å². The molecule has 1 unspecified atom stereocenters. The van der Waals surface area contributed by atoms with E-state index in [0.29, 0.717) is 23.1 Å². The van der Waals surface area contributed by atoms with Gasteiger partial charge in [0, 0.05) is 17.8 Å². The van der Waals surface area contributed by atoms with Gasteiger partial charge in [-0.25, -0.2) is 4.39 Å². The summed E-state index contributed by atoms with van der Waals surface area (Å²) in [6.45, 7) is 10.5. The molecule has 7 nitrogen and oxygen atoms in total. The second kappa shape index (κ2) is 11.3. The number of aromatic nitrogens is 3. The molecule has 2 amide bonds. The van der Waals surface area contributed by atoms with E-state index >= 15 is 0 Å². The third-order valence-electron chi connectivity index (χ3n) is 5.39. The van der Waals surface area contributed by atoms with Crippen LogP contribution >= 0.6 is 11.8 Å². The molecule has 0 saturated heterocycles. The predicted molar refractivity (Wildman–Crippen MR) is 132 cm³/mol. The lowest BCUT2D eigenvalue weighted by Gasteiger charge is -2.22. The number of amides is 2. The van der Waals surface area contributed by atoms with Crippen LogP contribution in [0.25, 0.3) is 0 Å². The molecule has 2 N–H and O–H groups in total. The molecule has 3 rings (SSSR count). The molecule has 1 heterocycles. The number of hydrogen-bond donors (Lipinski definition) is 2. The summed E-state index contributed by atoms with van der Waals surface area (Å²) in [5.41, 5.74) is 3.30. The van der Waals surface area contributed by atoms with Gasteiger partial charge in [-0.3, -0.25) is 9.59 Å².